The Kier molecular flexibility index (Phi) is 9.26. The molecule has 3 aliphatic heterocycles. The van der Waals surface area contributed by atoms with Crippen LogP contribution in [0, 0.1) is 11.8 Å². The van der Waals surface area contributed by atoms with Gasteiger partial charge in [-0.25, -0.2) is 8.78 Å². The van der Waals surface area contributed by atoms with E-state index in [1.807, 2.05) is 19.1 Å². The van der Waals surface area contributed by atoms with Gasteiger partial charge in [0.2, 0.25) is 6.43 Å². The molecule has 37 heavy (non-hydrogen) atoms. The number of nitrogens with one attached hydrogen (secondary N) is 1. The summed E-state index contributed by atoms with van der Waals surface area (Å²) in [6.07, 6.45) is -1.29. The van der Waals surface area contributed by atoms with Gasteiger partial charge in [0, 0.05) is 63.0 Å². The van der Waals surface area contributed by atoms with Crippen molar-refractivity contribution in [3.63, 3.8) is 0 Å². The summed E-state index contributed by atoms with van der Waals surface area (Å²) >= 11 is 0. The summed E-state index contributed by atoms with van der Waals surface area (Å²) in [6.45, 7) is 9.09. The molecular formula is C27H38F2N4O4. The van der Waals surface area contributed by atoms with E-state index in [0.717, 1.165) is 51.1 Å². The van der Waals surface area contributed by atoms with Gasteiger partial charge in [0.05, 0.1) is 18.1 Å². The van der Waals surface area contributed by atoms with Crippen molar-refractivity contribution in [3.8, 4) is 0 Å². The molecule has 3 aliphatic rings. The zero-order chi connectivity index (χ0) is 26.5. The van der Waals surface area contributed by atoms with Crippen molar-refractivity contribution in [2.75, 3.05) is 57.3 Å². The summed E-state index contributed by atoms with van der Waals surface area (Å²) in [5.41, 5.74) is 1.56. The molecule has 0 aliphatic carbocycles. The molecule has 4 rings (SSSR count). The third-order valence-corrected chi connectivity index (χ3v) is 7.95. The molecule has 0 spiro atoms. The maximum absolute atomic E-state index is 13.6. The second-order valence-electron chi connectivity index (χ2n) is 10.5. The minimum atomic E-state index is -2.60. The summed E-state index contributed by atoms with van der Waals surface area (Å²) in [7, 11) is 0. The highest BCUT2D eigenvalue weighted by atomic mass is 19.3. The van der Waals surface area contributed by atoms with Crippen molar-refractivity contribution in [1.82, 2.24) is 15.1 Å². The van der Waals surface area contributed by atoms with E-state index in [-0.39, 0.29) is 43.7 Å². The maximum Gasteiger partial charge on any atom is 0.251 e. The molecule has 1 aromatic carbocycles. The lowest BCUT2D eigenvalue weighted by atomic mass is 9.97. The first-order valence-electron chi connectivity index (χ1n) is 13.3. The standard InChI is InChI=1S/C27H38F2N4O4/c1-3-9-31-10-12-32(13-11-31)20-6-4-19(5-7-20)27(36)30-22(18(2)8-14-34)16-33-15-21(26(28)29)25-24(33)23(35)17-37-25/h4-7,14,18,21-22,24-26H,3,8-13,15-17H2,1-2H3,(H,30,36)/t18-,21-,22-,24-,25-/m1/s1. The van der Waals surface area contributed by atoms with Gasteiger partial charge in [0.1, 0.15) is 12.9 Å². The third-order valence-electron chi connectivity index (χ3n) is 7.95. The van der Waals surface area contributed by atoms with Crippen molar-refractivity contribution in [2.24, 2.45) is 11.8 Å². The van der Waals surface area contributed by atoms with E-state index in [2.05, 4.69) is 22.0 Å². The fraction of sp³-hybridized carbons (Fsp3) is 0.667. The average Bonchev–Trinajstić information content (AvgIpc) is 3.45. The van der Waals surface area contributed by atoms with E-state index in [1.54, 1.807) is 17.0 Å². The molecule has 1 aromatic rings. The van der Waals surface area contributed by atoms with Gasteiger partial charge in [-0.1, -0.05) is 13.8 Å². The Labute approximate surface area is 217 Å². The van der Waals surface area contributed by atoms with Gasteiger partial charge in [-0.05, 0) is 43.1 Å². The molecule has 0 radical (unpaired) electrons. The molecule has 3 saturated heterocycles. The number of benzene rings is 1. The SMILES string of the molecule is CCCN1CCN(c2ccc(C(=O)N[C@H](CN3C[C@@H](C(F)F)[C@H]4OCC(=O)[C@H]43)[C@H](C)CC=O)cc2)CC1. The Morgan fingerprint density at radius 1 is 1.19 bits per heavy atom. The smallest absolute Gasteiger partial charge is 0.251 e. The van der Waals surface area contributed by atoms with Gasteiger partial charge in [0.15, 0.2) is 5.78 Å². The lowest BCUT2D eigenvalue weighted by molar-refractivity contribution is -0.121. The first-order valence-corrected chi connectivity index (χ1v) is 13.3. The number of fused-ring (bicyclic) bond motifs is 1. The van der Waals surface area contributed by atoms with Crippen LogP contribution in [0.2, 0.25) is 0 Å². The largest absolute Gasteiger partial charge is 0.369 e. The number of carbonyl (C=O) groups is 3. The van der Waals surface area contributed by atoms with Crippen LogP contribution < -0.4 is 10.2 Å². The molecule has 1 N–H and O–H groups in total. The number of ether oxygens (including phenoxy) is 1. The highest BCUT2D eigenvalue weighted by Crippen LogP contribution is 2.35. The molecule has 8 nitrogen and oxygen atoms in total. The van der Waals surface area contributed by atoms with Crippen molar-refractivity contribution < 1.29 is 27.9 Å². The molecule has 0 aromatic heterocycles. The lowest BCUT2D eigenvalue weighted by Gasteiger charge is -2.36. The minimum absolute atomic E-state index is 0.0130. The number of nitrogens with zero attached hydrogens (tertiary/aromatic N) is 3. The summed E-state index contributed by atoms with van der Waals surface area (Å²) in [5, 5.41) is 3.00. The zero-order valence-electron chi connectivity index (χ0n) is 21.7. The van der Waals surface area contributed by atoms with Crippen LogP contribution in [0.5, 0.6) is 0 Å². The van der Waals surface area contributed by atoms with Crippen molar-refractivity contribution in [3.05, 3.63) is 29.8 Å². The van der Waals surface area contributed by atoms with E-state index >= 15 is 0 Å². The number of alkyl halides is 2. The fourth-order valence-electron chi connectivity index (χ4n) is 5.76. The van der Waals surface area contributed by atoms with E-state index < -0.39 is 30.5 Å². The second-order valence-corrected chi connectivity index (χ2v) is 10.5. The van der Waals surface area contributed by atoms with Crippen LogP contribution in [-0.4, -0.2) is 105 Å². The molecule has 3 heterocycles. The Hall–Kier alpha value is -2.43. The Morgan fingerprint density at radius 3 is 2.51 bits per heavy atom. The predicted octanol–water partition coefficient (Wildman–Crippen LogP) is 2.08. The molecule has 0 bridgehead atoms. The Bertz CT molecular complexity index is 939. The number of ketones is 1. The van der Waals surface area contributed by atoms with Crippen LogP contribution in [0.3, 0.4) is 0 Å². The zero-order valence-corrected chi connectivity index (χ0v) is 21.7. The number of amides is 1. The molecular weight excluding hydrogens is 482 g/mol. The molecule has 5 atom stereocenters. The van der Waals surface area contributed by atoms with E-state index in [4.69, 9.17) is 4.74 Å². The molecule has 10 heteroatoms. The summed E-state index contributed by atoms with van der Waals surface area (Å²) in [5.74, 6) is -1.79. The summed E-state index contributed by atoms with van der Waals surface area (Å²) < 4.78 is 32.6. The number of Topliss-reactive ketones (excluding diaryl/α,β-unsaturated/α-hetero) is 1. The van der Waals surface area contributed by atoms with Crippen molar-refractivity contribution in [1.29, 1.82) is 0 Å². The van der Waals surface area contributed by atoms with E-state index in [1.165, 1.54) is 0 Å². The Balaban J connectivity index is 1.41. The first-order chi connectivity index (χ1) is 17.8. The number of rotatable bonds is 11. The number of likely N-dealkylation sites (tertiary alicyclic amines) is 1. The molecule has 0 unspecified atom stereocenters. The molecule has 3 fully saturated rings. The van der Waals surface area contributed by atoms with E-state index in [0.29, 0.717) is 5.56 Å². The fourth-order valence-corrected chi connectivity index (χ4v) is 5.76. The monoisotopic (exact) mass is 520 g/mol. The van der Waals surface area contributed by atoms with Crippen LogP contribution in [-0.2, 0) is 14.3 Å². The minimum Gasteiger partial charge on any atom is -0.369 e. The normalized spacial score (nSPS) is 26.4. The highest BCUT2D eigenvalue weighted by molar-refractivity contribution is 5.94. The number of piperazine rings is 1. The number of aldehydes is 1. The number of anilines is 1. The summed E-state index contributed by atoms with van der Waals surface area (Å²) in [6, 6.07) is 6.24. The lowest BCUT2D eigenvalue weighted by Crippen LogP contribution is -2.50. The second kappa shape index (κ2) is 12.4. The van der Waals surface area contributed by atoms with Crippen LogP contribution >= 0.6 is 0 Å². The number of carbonyl (C=O) groups excluding carboxylic acids is 3. The number of hydrogen-bond acceptors (Lipinski definition) is 7. The number of halogens is 2. The van der Waals surface area contributed by atoms with Crippen molar-refractivity contribution in [2.45, 2.75) is 51.3 Å². The molecule has 0 saturated carbocycles. The van der Waals surface area contributed by atoms with Crippen LogP contribution in [0.4, 0.5) is 14.5 Å². The molecule has 1 amide bonds. The van der Waals surface area contributed by atoms with Crippen LogP contribution in [0.25, 0.3) is 0 Å². The first kappa shape index (κ1) is 27.6. The molecule has 204 valence electrons. The van der Waals surface area contributed by atoms with Crippen molar-refractivity contribution >= 4 is 23.7 Å². The quantitative estimate of drug-likeness (QED) is 0.448. The van der Waals surface area contributed by atoms with Crippen LogP contribution in [0.15, 0.2) is 24.3 Å². The van der Waals surface area contributed by atoms with Gasteiger partial charge < -0.3 is 19.7 Å². The topological polar surface area (TPSA) is 82.2 Å². The van der Waals surface area contributed by atoms with Gasteiger partial charge in [-0.3, -0.25) is 19.4 Å². The van der Waals surface area contributed by atoms with Gasteiger partial charge in [-0.2, -0.15) is 0 Å². The Morgan fingerprint density at radius 2 is 1.89 bits per heavy atom. The third kappa shape index (κ3) is 6.35. The van der Waals surface area contributed by atoms with Gasteiger partial charge in [-0.15, -0.1) is 0 Å². The van der Waals surface area contributed by atoms with E-state index in [9.17, 15) is 23.2 Å². The summed E-state index contributed by atoms with van der Waals surface area (Å²) in [4.78, 5) is 43.3. The number of hydrogen-bond donors (Lipinski definition) is 1. The average molecular weight is 521 g/mol. The highest BCUT2D eigenvalue weighted by Gasteiger charge is 2.53. The maximum atomic E-state index is 13.6. The van der Waals surface area contributed by atoms with Gasteiger partial charge >= 0.3 is 0 Å². The van der Waals surface area contributed by atoms with Gasteiger partial charge in [0.25, 0.3) is 5.91 Å². The van der Waals surface area contributed by atoms with Crippen LogP contribution in [0.1, 0.15) is 37.0 Å². The predicted molar refractivity (Wildman–Crippen MR) is 136 cm³/mol.